The van der Waals surface area contributed by atoms with Gasteiger partial charge in [-0.1, -0.05) is 11.6 Å². The summed E-state index contributed by atoms with van der Waals surface area (Å²) in [6.07, 6.45) is 3.41. The number of aromatic nitrogens is 4. The lowest BCUT2D eigenvalue weighted by molar-refractivity contribution is 0.311. The number of H-pyrrole nitrogens is 1. The molecule has 36 heavy (non-hydrogen) atoms. The number of aryl methyl sites for hydroxylation is 1. The zero-order valence-electron chi connectivity index (χ0n) is 20.1. The van der Waals surface area contributed by atoms with Crippen LogP contribution in [0.5, 0.6) is 11.8 Å². The smallest absolute Gasteiger partial charge is 0.326 e. The van der Waals surface area contributed by atoms with Crippen molar-refractivity contribution in [3.8, 4) is 11.8 Å². The van der Waals surface area contributed by atoms with Crippen molar-refractivity contribution < 1.29 is 18.0 Å². The number of piperazine rings is 1. The number of hydrogen-bond donors (Lipinski definition) is 2. The Morgan fingerprint density at radius 1 is 1.08 bits per heavy atom. The van der Waals surface area contributed by atoms with Gasteiger partial charge < -0.3 is 29.4 Å². The lowest BCUT2D eigenvalue weighted by Gasteiger charge is -2.33. The van der Waals surface area contributed by atoms with Crippen LogP contribution in [0.15, 0.2) is 28.8 Å². The van der Waals surface area contributed by atoms with Crippen LogP contribution >= 0.6 is 0 Å². The molecule has 9 nitrogen and oxygen atoms in total. The van der Waals surface area contributed by atoms with E-state index in [4.69, 9.17) is 9.26 Å². The molecule has 2 N–H and O–H groups in total. The SMILES string of the molecule is Cc1cc2c(F)c(Oc3nc(Nc4cc(C5CCC5)no4)cc(N4CCN(C)CC4)n3)c(F)cc2[nH]1. The first-order chi connectivity index (χ1) is 17.4. The molecule has 0 unspecified atom stereocenters. The fraction of sp³-hybridized carbons (Fsp3) is 0.400. The Bertz CT molecular complexity index is 1410. The Hall–Kier alpha value is -3.73. The molecule has 11 heteroatoms. The van der Waals surface area contributed by atoms with Crippen molar-refractivity contribution in [1.82, 2.24) is 25.0 Å². The predicted molar refractivity (Wildman–Crippen MR) is 131 cm³/mol. The Balaban J connectivity index is 1.34. The predicted octanol–water partition coefficient (Wildman–Crippen LogP) is 5.09. The molecule has 0 bridgehead atoms. The Kier molecular flexibility index (Phi) is 5.71. The second-order valence-electron chi connectivity index (χ2n) is 9.57. The van der Waals surface area contributed by atoms with E-state index >= 15 is 4.39 Å². The number of anilines is 3. The maximum Gasteiger partial charge on any atom is 0.326 e. The Morgan fingerprint density at radius 2 is 1.89 bits per heavy atom. The first-order valence-corrected chi connectivity index (χ1v) is 12.1. The van der Waals surface area contributed by atoms with E-state index in [1.165, 1.54) is 12.5 Å². The van der Waals surface area contributed by atoms with Crippen molar-refractivity contribution in [3.05, 3.63) is 47.3 Å². The molecular formula is C25H27F2N7O2. The average Bonchev–Trinajstić information content (AvgIpc) is 3.41. The third kappa shape index (κ3) is 4.34. The van der Waals surface area contributed by atoms with Gasteiger partial charge in [0.1, 0.15) is 11.6 Å². The second kappa shape index (κ2) is 9.05. The lowest BCUT2D eigenvalue weighted by Crippen LogP contribution is -2.44. The van der Waals surface area contributed by atoms with Crippen LogP contribution in [0.25, 0.3) is 10.9 Å². The van der Waals surface area contributed by atoms with Gasteiger partial charge in [-0.3, -0.25) is 0 Å². The number of halogens is 2. The Labute approximate surface area is 206 Å². The normalized spacial score (nSPS) is 16.9. The molecule has 1 aliphatic carbocycles. The number of hydrogen-bond acceptors (Lipinski definition) is 8. The fourth-order valence-corrected chi connectivity index (χ4v) is 4.60. The molecule has 0 spiro atoms. The molecule has 4 aromatic rings. The minimum Gasteiger partial charge on any atom is -0.418 e. The van der Waals surface area contributed by atoms with Crippen LogP contribution in [0, 0.1) is 18.6 Å². The lowest BCUT2D eigenvalue weighted by atomic mass is 9.83. The van der Waals surface area contributed by atoms with Gasteiger partial charge in [0.25, 0.3) is 0 Å². The summed E-state index contributed by atoms with van der Waals surface area (Å²) >= 11 is 0. The molecule has 3 aromatic heterocycles. The molecule has 1 aliphatic heterocycles. The van der Waals surface area contributed by atoms with Gasteiger partial charge in [-0.25, -0.2) is 8.78 Å². The van der Waals surface area contributed by atoms with Crippen molar-refractivity contribution in [2.75, 3.05) is 43.4 Å². The molecule has 1 aromatic carbocycles. The van der Waals surface area contributed by atoms with Crippen LogP contribution < -0.4 is 15.0 Å². The number of nitrogens with one attached hydrogen (secondary N) is 2. The van der Waals surface area contributed by atoms with Crippen molar-refractivity contribution in [1.29, 1.82) is 0 Å². The van der Waals surface area contributed by atoms with E-state index in [2.05, 4.69) is 42.3 Å². The topological polar surface area (TPSA) is 95.3 Å². The molecule has 1 saturated heterocycles. The molecule has 2 aliphatic rings. The molecule has 188 valence electrons. The van der Waals surface area contributed by atoms with Crippen LogP contribution in [-0.4, -0.2) is 58.2 Å². The van der Waals surface area contributed by atoms with Gasteiger partial charge in [-0.2, -0.15) is 9.97 Å². The minimum absolute atomic E-state index is 0.169. The van der Waals surface area contributed by atoms with Gasteiger partial charge in [0.05, 0.1) is 11.2 Å². The summed E-state index contributed by atoms with van der Waals surface area (Å²) in [6.45, 7) is 5.00. The Morgan fingerprint density at radius 3 is 2.64 bits per heavy atom. The summed E-state index contributed by atoms with van der Waals surface area (Å²) in [4.78, 5) is 16.1. The number of likely N-dealkylation sites (N-methyl/N-ethyl adjacent to an activating group) is 1. The van der Waals surface area contributed by atoms with Crippen molar-refractivity contribution >= 4 is 28.4 Å². The average molecular weight is 496 g/mol. The maximum atomic E-state index is 15.2. The summed E-state index contributed by atoms with van der Waals surface area (Å²) in [6, 6.07) is 6.28. The van der Waals surface area contributed by atoms with Gasteiger partial charge >= 0.3 is 6.01 Å². The summed E-state index contributed by atoms with van der Waals surface area (Å²) in [5.41, 5.74) is 1.98. The standard InChI is InChI=1S/C25H27F2N7O2/c1-14-10-16-19(28-14)11-17(26)24(23(16)27)35-25-30-20(13-21(31-25)34-8-6-33(2)7-9-34)29-22-12-18(32-36-22)15-4-3-5-15/h10-13,15,28H,3-9H2,1-2H3,(H,29,30,31). The number of aromatic amines is 1. The van der Waals surface area contributed by atoms with Crippen molar-refractivity contribution in [2.24, 2.45) is 0 Å². The number of nitrogens with zero attached hydrogens (tertiary/aromatic N) is 5. The molecule has 0 amide bonds. The van der Waals surface area contributed by atoms with Crippen LogP contribution in [0.3, 0.4) is 0 Å². The number of rotatable bonds is 6. The summed E-state index contributed by atoms with van der Waals surface area (Å²) in [7, 11) is 2.06. The van der Waals surface area contributed by atoms with Crippen LogP contribution in [0.2, 0.25) is 0 Å². The van der Waals surface area contributed by atoms with Crippen LogP contribution in [-0.2, 0) is 0 Å². The highest BCUT2D eigenvalue weighted by Gasteiger charge is 2.24. The molecule has 4 heterocycles. The third-order valence-electron chi connectivity index (χ3n) is 6.92. The molecule has 0 radical (unpaired) electrons. The first kappa shape index (κ1) is 22.7. The quantitative estimate of drug-likeness (QED) is 0.382. The van der Waals surface area contributed by atoms with Crippen LogP contribution in [0.4, 0.5) is 26.3 Å². The zero-order chi connectivity index (χ0) is 24.8. The van der Waals surface area contributed by atoms with E-state index in [0.717, 1.165) is 44.7 Å². The van der Waals surface area contributed by atoms with E-state index in [1.54, 1.807) is 19.1 Å². The molecule has 2 fully saturated rings. The van der Waals surface area contributed by atoms with Gasteiger partial charge in [-0.05, 0) is 32.9 Å². The summed E-state index contributed by atoms with van der Waals surface area (Å²) in [5, 5.41) is 7.52. The summed E-state index contributed by atoms with van der Waals surface area (Å²) < 4.78 is 41.2. The van der Waals surface area contributed by atoms with Gasteiger partial charge in [0.15, 0.2) is 11.6 Å². The number of benzene rings is 1. The third-order valence-corrected chi connectivity index (χ3v) is 6.92. The van der Waals surface area contributed by atoms with Crippen LogP contribution in [0.1, 0.15) is 36.6 Å². The molecule has 0 atom stereocenters. The molecule has 1 saturated carbocycles. The highest BCUT2D eigenvalue weighted by Crippen LogP contribution is 2.37. The highest BCUT2D eigenvalue weighted by molar-refractivity contribution is 5.83. The number of fused-ring (bicyclic) bond motifs is 1. The van der Waals surface area contributed by atoms with E-state index in [9.17, 15) is 4.39 Å². The maximum absolute atomic E-state index is 15.2. The van der Waals surface area contributed by atoms with E-state index in [1.807, 2.05) is 6.07 Å². The zero-order valence-corrected chi connectivity index (χ0v) is 20.1. The second-order valence-corrected chi connectivity index (χ2v) is 9.57. The van der Waals surface area contributed by atoms with Gasteiger partial charge in [0.2, 0.25) is 11.6 Å². The van der Waals surface area contributed by atoms with E-state index < -0.39 is 17.4 Å². The minimum atomic E-state index is -0.842. The number of ether oxygens (including phenoxy) is 1. The van der Waals surface area contributed by atoms with Crippen molar-refractivity contribution in [2.45, 2.75) is 32.1 Å². The van der Waals surface area contributed by atoms with Gasteiger partial charge in [-0.15, -0.1) is 0 Å². The molecule has 6 rings (SSSR count). The van der Waals surface area contributed by atoms with E-state index in [0.29, 0.717) is 34.6 Å². The largest absolute Gasteiger partial charge is 0.418 e. The fourth-order valence-electron chi connectivity index (χ4n) is 4.60. The van der Waals surface area contributed by atoms with E-state index in [-0.39, 0.29) is 11.4 Å². The monoisotopic (exact) mass is 495 g/mol. The summed E-state index contributed by atoms with van der Waals surface area (Å²) in [5.74, 6) is -0.365. The highest BCUT2D eigenvalue weighted by atomic mass is 19.1. The van der Waals surface area contributed by atoms with Gasteiger partial charge in [0, 0.05) is 61.4 Å². The first-order valence-electron chi connectivity index (χ1n) is 12.1. The van der Waals surface area contributed by atoms with Crippen molar-refractivity contribution in [3.63, 3.8) is 0 Å². The molecular weight excluding hydrogens is 468 g/mol.